The molecule has 1 aromatic heterocycles. The molecule has 0 bridgehead atoms. The molecule has 0 aliphatic carbocycles. The Morgan fingerprint density at radius 2 is 1.95 bits per heavy atom. The van der Waals surface area contributed by atoms with Gasteiger partial charge in [0.25, 0.3) is 0 Å². The van der Waals surface area contributed by atoms with Gasteiger partial charge in [-0.3, -0.25) is 0 Å². The largest absolute Gasteiger partial charge is 0.399 e. The third-order valence-corrected chi connectivity index (χ3v) is 4.22. The Kier molecular flexibility index (Phi) is 4.55. The summed E-state index contributed by atoms with van der Waals surface area (Å²) in [4.78, 5) is 7.07. The normalized spacial score (nSPS) is 16.2. The lowest BCUT2D eigenvalue weighted by Gasteiger charge is -2.26. The number of nitrogen functional groups attached to an aromatic ring is 1. The van der Waals surface area contributed by atoms with Crippen molar-refractivity contribution in [2.24, 2.45) is 0 Å². The first-order chi connectivity index (χ1) is 10.3. The van der Waals surface area contributed by atoms with Crippen LogP contribution in [0.2, 0.25) is 0 Å². The minimum Gasteiger partial charge on any atom is -0.399 e. The molecule has 2 heterocycles. The third kappa shape index (κ3) is 3.85. The van der Waals surface area contributed by atoms with Gasteiger partial charge >= 0.3 is 0 Å². The van der Waals surface area contributed by atoms with Gasteiger partial charge in [0, 0.05) is 37.6 Å². The van der Waals surface area contributed by atoms with Gasteiger partial charge < -0.3 is 15.2 Å². The number of anilines is 1. The van der Waals surface area contributed by atoms with Crippen LogP contribution in [-0.4, -0.2) is 34.1 Å². The summed E-state index contributed by atoms with van der Waals surface area (Å²) >= 11 is 0. The summed E-state index contributed by atoms with van der Waals surface area (Å²) in [6.07, 6.45) is 8.92. The summed E-state index contributed by atoms with van der Waals surface area (Å²) in [5, 5.41) is 0. The van der Waals surface area contributed by atoms with Gasteiger partial charge in [0.05, 0.1) is 0 Å². The maximum Gasteiger partial charge on any atom is 0.113 e. The molecule has 0 amide bonds. The van der Waals surface area contributed by atoms with E-state index in [-0.39, 0.29) is 0 Å². The smallest absolute Gasteiger partial charge is 0.113 e. The van der Waals surface area contributed by atoms with Crippen molar-refractivity contribution < 1.29 is 0 Å². The molecule has 3 rings (SSSR count). The lowest BCUT2D eigenvalue weighted by Crippen LogP contribution is -2.32. The molecule has 1 saturated heterocycles. The van der Waals surface area contributed by atoms with Crippen LogP contribution in [-0.2, 0) is 13.0 Å². The van der Waals surface area contributed by atoms with Crippen LogP contribution in [0.25, 0.3) is 0 Å². The number of imidazole rings is 1. The Balaban J connectivity index is 1.60. The minimum absolute atomic E-state index is 0.818. The predicted octanol–water partition coefficient (Wildman–Crippen LogP) is 2.54. The molecule has 112 valence electrons. The Morgan fingerprint density at radius 3 is 2.76 bits per heavy atom. The average Bonchev–Trinajstić information content (AvgIpc) is 2.93. The average molecular weight is 284 g/mol. The van der Waals surface area contributed by atoms with Gasteiger partial charge in [-0.05, 0) is 43.6 Å². The summed E-state index contributed by atoms with van der Waals surface area (Å²) in [6.45, 7) is 4.65. The highest BCUT2D eigenvalue weighted by atomic mass is 15.2. The van der Waals surface area contributed by atoms with Gasteiger partial charge in [0.1, 0.15) is 5.82 Å². The van der Waals surface area contributed by atoms with Crippen LogP contribution in [0.1, 0.15) is 30.7 Å². The molecule has 1 fully saturated rings. The van der Waals surface area contributed by atoms with Crippen molar-refractivity contribution in [3.8, 4) is 0 Å². The second-order valence-electron chi connectivity index (χ2n) is 5.86. The Labute approximate surface area is 126 Å². The summed E-state index contributed by atoms with van der Waals surface area (Å²) in [7, 11) is 0. The van der Waals surface area contributed by atoms with Crippen LogP contribution in [0, 0.1) is 0 Å². The Bertz CT molecular complexity index is 570. The molecule has 1 aliphatic heterocycles. The van der Waals surface area contributed by atoms with Gasteiger partial charge in [-0.2, -0.15) is 0 Å². The van der Waals surface area contributed by atoms with Crippen LogP contribution in [0.5, 0.6) is 0 Å². The van der Waals surface area contributed by atoms with E-state index in [9.17, 15) is 0 Å². The summed E-state index contributed by atoms with van der Waals surface area (Å²) in [5.74, 6) is 1.12. The minimum atomic E-state index is 0.818. The number of nitrogens with zero attached hydrogens (tertiary/aromatic N) is 3. The quantitative estimate of drug-likeness (QED) is 0.858. The standard InChI is InChI=1S/C17H24N4/c18-16-6-4-5-15(13-16)14-17-19-7-10-21(17)12-11-20-8-2-1-3-9-20/h4-7,10,13H,1-3,8-9,11-12,14,18H2. The van der Waals surface area contributed by atoms with Gasteiger partial charge in [-0.15, -0.1) is 0 Å². The van der Waals surface area contributed by atoms with Crippen LogP contribution >= 0.6 is 0 Å². The topological polar surface area (TPSA) is 47.1 Å². The fraction of sp³-hybridized carbons (Fsp3) is 0.471. The fourth-order valence-electron chi connectivity index (χ4n) is 3.03. The second kappa shape index (κ2) is 6.76. The monoisotopic (exact) mass is 284 g/mol. The molecule has 0 radical (unpaired) electrons. The van der Waals surface area contributed by atoms with Crippen molar-refractivity contribution in [2.45, 2.75) is 32.2 Å². The molecule has 1 aromatic carbocycles. The van der Waals surface area contributed by atoms with Crippen molar-refractivity contribution in [1.29, 1.82) is 0 Å². The zero-order valence-electron chi connectivity index (χ0n) is 12.5. The van der Waals surface area contributed by atoms with E-state index < -0.39 is 0 Å². The fourth-order valence-corrected chi connectivity index (χ4v) is 3.03. The van der Waals surface area contributed by atoms with Gasteiger partial charge in [-0.25, -0.2) is 4.98 Å². The number of rotatable bonds is 5. The van der Waals surface area contributed by atoms with E-state index in [1.807, 2.05) is 24.4 Å². The Hall–Kier alpha value is -1.81. The second-order valence-corrected chi connectivity index (χ2v) is 5.86. The summed E-state index contributed by atoms with van der Waals surface area (Å²) < 4.78 is 2.28. The van der Waals surface area contributed by atoms with Crippen molar-refractivity contribution >= 4 is 5.69 Å². The molecular formula is C17H24N4. The van der Waals surface area contributed by atoms with E-state index in [1.54, 1.807) is 0 Å². The summed E-state index contributed by atoms with van der Waals surface area (Å²) in [5.41, 5.74) is 7.89. The lowest BCUT2D eigenvalue weighted by atomic mass is 10.1. The maximum absolute atomic E-state index is 5.85. The van der Waals surface area contributed by atoms with Crippen molar-refractivity contribution in [3.05, 3.63) is 48.0 Å². The highest BCUT2D eigenvalue weighted by Gasteiger charge is 2.11. The van der Waals surface area contributed by atoms with E-state index in [1.165, 1.54) is 37.9 Å². The van der Waals surface area contributed by atoms with Crippen molar-refractivity contribution in [3.63, 3.8) is 0 Å². The van der Waals surface area contributed by atoms with Crippen LogP contribution in [0.15, 0.2) is 36.7 Å². The number of piperidine rings is 1. The van der Waals surface area contributed by atoms with E-state index in [0.717, 1.165) is 31.0 Å². The molecule has 0 spiro atoms. The highest BCUT2D eigenvalue weighted by Crippen LogP contribution is 2.13. The van der Waals surface area contributed by atoms with Crippen LogP contribution in [0.4, 0.5) is 5.69 Å². The number of nitrogens with two attached hydrogens (primary N) is 1. The molecule has 4 nitrogen and oxygen atoms in total. The third-order valence-electron chi connectivity index (χ3n) is 4.22. The Morgan fingerprint density at radius 1 is 1.10 bits per heavy atom. The van der Waals surface area contributed by atoms with E-state index in [4.69, 9.17) is 5.73 Å². The molecule has 2 N–H and O–H groups in total. The van der Waals surface area contributed by atoms with Gasteiger partial charge in [0.15, 0.2) is 0 Å². The maximum atomic E-state index is 5.85. The zero-order valence-corrected chi connectivity index (χ0v) is 12.5. The summed E-state index contributed by atoms with van der Waals surface area (Å²) in [6, 6.07) is 8.07. The molecule has 1 aliphatic rings. The molecule has 21 heavy (non-hydrogen) atoms. The lowest BCUT2D eigenvalue weighted by molar-refractivity contribution is 0.220. The van der Waals surface area contributed by atoms with Crippen LogP contribution in [0.3, 0.4) is 0 Å². The number of benzene rings is 1. The van der Waals surface area contributed by atoms with Crippen molar-refractivity contribution in [1.82, 2.24) is 14.5 Å². The number of aromatic nitrogens is 2. The van der Waals surface area contributed by atoms with Crippen molar-refractivity contribution in [2.75, 3.05) is 25.4 Å². The molecule has 0 atom stereocenters. The van der Waals surface area contributed by atoms with E-state index >= 15 is 0 Å². The molecular weight excluding hydrogens is 260 g/mol. The first kappa shape index (κ1) is 14.1. The number of likely N-dealkylation sites (tertiary alicyclic amines) is 1. The molecule has 4 heteroatoms. The SMILES string of the molecule is Nc1cccc(Cc2nccn2CCN2CCCCC2)c1. The first-order valence-electron chi connectivity index (χ1n) is 7.88. The predicted molar refractivity (Wildman–Crippen MR) is 86.2 cm³/mol. The number of hydrogen-bond donors (Lipinski definition) is 1. The number of hydrogen-bond acceptors (Lipinski definition) is 3. The molecule has 0 unspecified atom stereocenters. The van der Waals surface area contributed by atoms with Gasteiger partial charge in [0.2, 0.25) is 0 Å². The van der Waals surface area contributed by atoms with Gasteiger partial charge in [-0.1, -0.05) is 18.6 Å². The molecule has 2 aromatic rings. The van der Waals surface area contributed by atoms with E-state index in [2.05, 4.69) is 26.7 Å². The molecule has 0 saturated carbocycles. The zero-order chi connectivity index (χ0) is 14.5. The highest BCUT2D eigenvalue weighted by molar-refractivity contribution is 5.41. The van der Waals surface area contributed by atoms with Crippen LogP contribution < -0.4 is 5.73 Å². The van der Waals surface area contributed by atoms with E-state index in [0.29, 0.717) is 0 Å². The first-order valence-corrected chi connectivity index (χ1v) is 7.88.